The zero-order chi connectivity index (χ0) is 25.7. The molecule has 0 aliphatic carbocycles. The lowest BCUT2D eigenvalue weighted by molar-refractivity contribution is -0.123. The van der Waals surface area contributed by atoms with Crippen LogP contribution in [0.25, 0.3) is 0 Å². The van der Waals surface area contributed by atoms with Crippen LogP contribution in [0.15, 0.2) is 0 Å². The minimum Gasteiger partial charge on any atom is -0.447 e. The number of ether oxygens (including phenoxy) is 4. The Kier molecular flexibility index (Phi) is 19.2. The van der Waals surface area contributed by atoms with Gasteiger partial charge in [0.2, 0.25) is 5.91 Å². The highest BCUT2D eigenvalue weighted by molar-refractivity contribution is 7.46. The van der Waals surface area contributed by atoms with Crippen molar-refractivity contribution < 1.29 is 52.2 Å². The molecule has 0 spiro atoms. The van der Waals surface area contributed by atoms with Crippen molar-refractivity contribution in [2.75, 3.05) is 60.3 Å². The van der Waals surface area contributed by atoms with Crippen LogP contribution in [0.3, 0.4) is 0 Å². The molecule has 1 unspecified atom stereocenters. The van der Waals surface area contributed by atoms with E-state index in [4.69, 9.17) is 28.7 Å². The molecule has 0 saturated heterocycles. The van der Waals surface area contributed by atoms with Gasteiger partial charge in [0, 0.05) is 27.3 Å². The first-order valence-electron chi connectivity index (χ1n) is 11.0. The number of carbonyl (C=O) groups excluding carboxylic acids is 3. The monoisotopic (exact) mass is 515 g/mol. The third-order valence-corrected chi connectivity index (χ3v) is 4.74. The molecule has 1 atom stereocenters. The van der Waals surface area contributed by atoms with E-state index in [1.165, 1.54) is 14.2 Å². The Hall–Kier alpha value is -1.96. The van der Waals surface area contributed by atoms with Crippen LogP contribution in [0.2, 0.25) is 0 Å². The molecule has 0 saturated carbocycles. The van der Waals surface area contributed by atoms with Crippen LogP contribution >= 0.6 is 7.82 Å². The summed E-state index contributed by atoms with van der Waals surface area (Å²) in [5.74, 6) is -0.387. The zero-order valence-corrected chi connectivity index (χ0v) is 20.7. The van der Waals surface area contributed by atoms with E-state index in [0.717, 1.165) is 0 Å². The summed E-state index contributed by atoms with van der Waals surface area (Å²) in [5.41, 5.74) is 0. The van der Waals surface area contributed by atoms with E-state index >= 15 is 0 Å². The maximum Gasteiger partial charge on any atom is 0.469 e. The van der Waals surface area contributed by atoms with E-state index in [2.05, 4.69) is 20.5 Å². The summed E-state index contributed by atoms with van der Waals surface area (Å²) in [6, 6.07) is -0.832. The maximum atomic E-state index is 12.5. The fourth-order valence-electron chi connectivity index (χ4n) is 2.53. The molecule has 0 heterocycles. The number of methoxy groups -OCH3 is 2. The predicted molar refractivity (Wildman–Crippen MR) is 120 cm³/mol. The van der Waals surface area contributed by atoms with Crippen molar-refractivity contribution in [3.05, 3.63) is 0 Å². The Bertz CT molecular complexity index is 618. The standard InChI is InChI=1S/C19H38N3O11P/c1-29-12-14-31-18(24)21-10-6-4-8-16(22-19(25)32-15-13-30-2)17(23)20-9-5-3-7-11-33-34(26,27)28/h16H,3-15H2,1-2H3,(H,20,23)(H,21,24)(H,22,25)(H2,26,27,28). The molecular formula is C19H38N3O11P. The van der Waals surface area contributed by atoms with E-state index in [1.54, 1.807) is 0 Å². The maximum absolute atomic E-state index is 12.5. The Labute approximate surface area is 199 Å². The molecule has 3 amide bonds. The molecule has 0 bridgehead atoms. The summed E-state index contributed by atoms with van der Waals surface area (Å²) in [7, 11) is -1.50. The fourth-order valence-corrected chi connectivity index (χ4v) is 2.89. The third-order valence-electron chi connectivity index (χ3n) is 4.22. The van der Waals surface area contributed by atoms with Crippen LogP contribution < -0.4 is 16.0 Å². The van der Waals surface area contributed by atoms with Crippen LogP contribution in [0, 0.1) is 0 Å². The van der Waals surface area contributed by atoms with Gasteiger partial charge in [-0.15, -0.1) is 0 Å². The minimum atomic E-state index is -4.47. The molecule has 0 aromatic heterocycles. The molecule has 0 aromatic rings. The van der Waals surface area contributed by atoms with Crippen LogP contribution in [-0.4, -0.2) is 94.3 Å². The highest BCUT2D eigenvalue weighted by Gasteiger charge is 2.21. The van der Waals surface area contributed by atoms with Gasteiger partial charge in [0.25, 0.3) is 0 Å². The average Bonchev–Trinajstić information content (AvgIpc) is 2.76. The normalized spacial score (nSPS) is 12.0. The highest BCUT2D eigenvalue weighted by atomic mass is 31.2. The number of phosphoric ester groups is 1. The van der Waals surface area contributed by atoms with Crippen molar-refractivity contribution in [1.29, 1.82) is 0 Å². The molecular weight excluding hydrogens is 477 g/mol. The Morgan fingerprint density at radius 3 is 1.97 bits per heavy atom. The Balaban J connectivity index is 4.33. The van der Waals surface area contributed by atoms with Gasteiger partial charge in [-0.2, -0.15) is 0 Å². The van der Waals surface area contributed by atoms with Gasteiger partial charge < -0.3 is 44.7 Å². The van der Waals surface area contributed by atoms with E-state index in [1.807, 2.05) is 0 Å². The zero-order valence-electron chi connectivity index (χ0n) is 19.8. The molecule has 0 rings (SSSR count). The third kappa shape index (κ3) is 20.6. The van der Waals surface area contributed by atoms with Gasteiger partial charge in [-0.1, -0.05) is 0 Å². The average molecular weight is 515 g/mol. The predicted octanol–water partition coefficient (Wildman–Crippen LogP) is 0.666. The first-order chi connectivity index (χ1) is 16.2. The molecule has 200 valence electrons. The van der Waals surface area contributed by atoms with Crippen LogP contribution in [0.1, 0.15) is 38.5 Å². The van der Waals surface area contributed by atoms with Gasteiger partial charge in [0.1, 0.15) is 19.3 Å². The van der Waals surface area contributed by atoms with Crippen molar-refractivity contribution >= 4 is 25.9 Å². The number of hydrogen-bond donors (Lipinski definition) is 5. The minimum absolute atomic E-state index is 0.0441. The second-order valence-corrected chi connectivity index (χ2v) is 8.29. The summed E-state index contributed by atoms with van der Waals surface area (Å²) in [6.45, 7) is 1.30. The number of carbonyl (C=O) groups is 3. The van der Waals surface area contributed by atoms with Gasteiger partial charge in [-0.25, -0.2) is 14.2 Å². The smallest absolute Gasteiger partial charge is 0.447 e. The van der Waals surface area contributed by atoms with E-state index in [-0.39, 0.29) is 32.3 Å². The Morgan fingerprint density at radius 1 is 0.765 bits per heavy atom. The molecule has 14 nitrogen and oxygen atoms in total. The summed E-state index contributed by atoms with van der Waals surface area (Å²) in [5, 5.41) is 7.83. The number of nitrogens with one attached hydrogen (secondary N) is 3. The lowest BCUT2D eigenvalue weighted by atomic mass is 10.1. The topological polar surface area (TPSA) is 191 Å². The molecule has 34 heavy (non-hydrogen) atoms. The Morgan fingerprint density at radius 2 is 1.35 bits per heavy atom. The molecule has 5 N–H and O–H groups in total. The molecule has 15 heteroatoms. The van der Waals surface area contributed by atoms with E-state index in [9.17, 15) is 18.9 Å². The molecule has 0 radical (unpaired) electrons. The molecule has 0 aliphatic heterocycles. The quantitative estimate of drug-likeness (QED) is 0.113. The molecule has 0 fully saturated rings. The van der Waals surface area contributed by atoms with Crippen molar-refractivity contribution in [2.45, 2.75) is 44.6 Å². The van der Waals surface area contributed by atoms with E-state index < -0.39 is 26.1 Å². The second kappa shape index (κ2) is 20.4. The summed E-state index contributed by atoms with van der Waals surface area (Å²) >= 11 is 0. The van der Waals surface area contributed by atoms with Crippen molar-refractivity contribution in [2.24, 2.45) is 0 Å². The summed E-state index contributed by atoms with van der Waals surface area (Å²) in [4.78, 5) is 53.2. The van der Waals surface area contributed by atoms with Crippen LogP contribution in [0.4, 0.5) is 9.59 Å². The van der Waals surface area contributed by atoms with E-state index in [0.29, 0.717) is 58.2 Å². The fraction of sp³-hybridized carbons (Fsp3) is 0.842. The molecule has 0 aromatic carbocycles. The number of alkyl carbamates (subject to hydrolysis) is 2. The lowest BCUT2D eigenvalue weighted by Crippen LogP contribution is -2.47. The summed E-state index contributed by atoms with van der Waals surface area (Å²) in [6.07, 6.45) is 1.69. The number of phosphoric acid groups is 1. The van der Waals surface area contributed by atoms with Gasteiger partial charge in [-0.3, -0.25) is 9.32 Å². The first kappa shape index (κ1) is 32.0. The van der Waals surface area contributed by atoms with Crippen LogP contribution in [0.5, 0.6) is 0 Å². The summed E-state index contributed by atoms with van der Waals surface area (Å²) < 4.78 is 34.4. The molecule has 0 aliphatic rings. The lowest BCUT2D eigenvalue weighted by Gasteiger charge is -2.18. The van der Waals surface area contributed by atoms with Crippen molar-refractivity contribution in [3.63, 3.8) is 0 Å². The van der Waals surface area contributed by atoms with Crippen molar-refractivity contribution in [1.82, 2.24) is 16.0 Å². The van der Waals surface area contributed by atoms with Gasteiger partial charge in [0.15, 0.2) is 0 Å². The van der Waals surface area contributed by atoms with Crippen molar-refractivity contribution in [3.8, 4) is 0 Å². The van der Waals surface area contributed by atoms with Crippen LogP contribution in [-0.2, 0) is 32.8 Å². The number of unbranched alkanes of at least 4 members (excludes halogenated alkanes) is 3. The largest absolute Gasteiger partial charge is 0.469 e. The number of hydrogen-bond acceptors (Lipinski definition) is 9. The first-order valence-corrected chi connectivity index (χ1v) is 12.5. The highest BCUT2D eigenvalue weighted by Crippen LogP contribution is 2.35. The van der Waals surface area contributed by atoms with Gasteiger partial charge in [0.05, 0.1) is 19.8 Å². The van der Waals surface area contributed by atoms with Gasteiger partial charge >= 0.3 is 20.0 Å². The number of amides is 3. The second-order valence-electron chi connectivity index (χ2n) is 7.05. The number of rotatable bonds is 20. The SMILES string of the molecule is COCCOC(=O)NCCCCC(NC(=O)OCCOC)C(=O)NCCCCCOP(=O)(O)O. The van der Waals surface area contributed by atoms with Gasteiger partial charge in [-0.05, 0) is 38.5 Å².